The van der Waals surface area contributed by atoms with Gasteiger partial charge in [-0.25, -0.2) is 5.48 Å². The Morgan fingerprint density at radius 2 is 2.14 bits per heavy atom. The van der Waals surface area contributed by atoms with Gasteiger partial charge in [-0.2, -0.15) is 0 Å². The van der Waals surface area contributed by atoms with Gasteiger partial charge in [0.25, 0.3) is 5.91 Å². The molecule has 0 aromatic heterocycles. The first-order valence-corrected chi connectivity index (χ1v) is 10.3. The van der Waals surface area contributed by atoms with Gasteiger partial charge in [-0.05, 0) is 49.6 Å². The molecule has 0 radical (unpaired) electrons. The molecule has 7 nitrogen and oxygen atoms in total. The van der Waals surface area contributed by atoms with Crippen LogP contribution in [0.1, 0.15) is 45.1 Å². The average molecular weight is 391 g/mol. The Bertz CT molecular complexity index is 651. The van der Waals surface area contributed by atoms with Gasteiger partial charge in [0.15, 0.2) is 0 Å². The fourth-order valence-corrected chi connectivity index (χ4v) is 3.53. The lowest BCUT2D eigenvalue weighted by atomic mass is 10.1. The number of rotatable bonds is 12. The standard InChI is InChI=1S/C21H34N4O3/c1-3-5-7-20-22-18-16-17(9-11-21(27)23-28)8-10-19(18)25(20)14-13-24(4-2)12-6-15-26/h8-11,16,20,22,26,28H,3-7,12-15H2,1-2H3,(H,23,27)/b11-9+. The van der Waals surface area contributed by atoms with E-state index in [0.29, 0.717) is 0 Å². The zero-order chi connectivity index (χ0) is 20.4. The van der Waals surface area contributed by atoms with Crippen molar-refractivity contribution in [1.82, 2.24) is 10.4 Å². The van der Waals surface area contributed by atoms with Crippen molar-refractivity contribution in [2.24, 2.45) is 0 Å². The van der Waals surface area contributed by atoms with Crippen molar-refractivity contribution in [1.29, 1.82) is 0 Å². The molecule has 1 heterocycles. The lowest BCUT2D eigenvalue weighted by Gasteiger charge is -2.30. The molecule has 1 unspecified atom stereocenters. The third kappa shape index (κ3) is 6.22. The van der Waals surface area contributed by atoms with E-state index in [-0.39, 0.29) is 12.8 Å². The lowest BCUT2D eigenvalue weighted by molar-refractivity contribution is -0.124. The summed E-state index contributed by atoms with van der Waals surface area (Å²) in [7, 11) is 0. The molecular formula is C21H34N4O3. The van der Waals surface area contributed by atoms with Crippen LogP contribution in [0.2, 0.25) is 0 Å². The largest absolute Gasteiger partial charge is 0.396 e. The molecule has 7 heteroatoms. The van der Waals surface area contributed by atoms with Crippen molar-refractivity contribution in [3.8, 4) is 0 Å². The maximum absolute atomic E-state index is 11.2. The quantitative estimate of drug-likeness (QED) is 0.249. The van der Waals surface area contributed by atoms with Crippen LogP contribution in [0.25, 0.3) is 6.08 Å². The van der Waals surface area contributed by atoms with Crippen LogP contribution in [0.4, 0.5) is 11.4 Å². The minimum atomic E-state index is -0.543. The maximum Gasteiger partial charge on any atom is 0.267 e. The average Bonchev–Trinajstić information content (AvgIpc) is 3.07. The van der Waals surface area contributed by atoms with Crippen molar-refractivity contribution in [3.63, 3.8) is 0 Å². The lowest BCUT2D eigenvalue weighted by Crippen LogP contribution is -2.41. The van der Waals surface area contributed by atoms with E-state index in [1.54, 1.807) is 11.6 Å². The van der Waals surface area contributed by atoms with Gasteiger partial charge in [0.1, 0.15) is 0 Å². The first kappa shape index (κ1) is 22.2. The fourth-order valence-electron chi connectivity index (χ4n) is 3.53. The number of anilines is 2. The van der Waals surface area contributed by atoms with Gasteiger partial charge >= 0.3 is 0 Å². The normalized spacial score (nSPS) is 15.9. The second-order valence-corrected chi connectivity index (χ2v) is 7.09. The molecular weight excluding hydrogens is 356 g/mol. The summed E-state index contributed by atoms with van der Waals surface area (Å²) in [5.41, 5.74) is 4.77. The Morgan fingerprint density at radius 3 is 2.82 bits per heavy atom. The highest BCUT2D eigenvalue weighted by molar-refractivity contribution is 5.91. The number of nitrogens with zero attached hydrogens (tertiary/aromatic N) is 2. The number of aliphatic hydroxyl groups excluding tert-OH is 1. The van der Waals surface area contributed by atoms with Gasteiger partial charge in [-0.1, -0.05) is 26.3 Å². The van der Waals surface area contributed by atoms with E-state index in [0.717, 1.165) is 63.1 Å². The third-order valence-corrected chi connectivity index (χ3v) is 5.13. The molecule has 1 atom stereocenters. The number of hydrogen-bond donors (Lipinski definition) is 4. The van der Waals surface area contributed by atoms with Crippen LogP contribution >= 0.6 is 0 Å². The van der Waals surface area contributed by atoms with Gasteiger partial charge in [0.05, 0.1) is 17.5 Å². The molecule has 0 fully saturated rings. The number of carbonyl (C=O) groups is 1. The minimum absolute atomic E-state index is 0.230. The zero-order valence-electron chi connectivity index (χ0n) is 17.0. The van der Waals surface area contributed by atoms with Gasteiger partial charge in [-0.3, -0.25) is 10.0 Å². The van der Waals surface area contributed by atoms with Gasteiger partial charge in [0, 0.05) is 32.3 Å². The Balaban J connectivity index is 2.11. The van der Waals surface area contributed by atoms with E-state index < -0.39 is 5.91 Å². The number of likely N-dealkylation sites (N-methyl/N-ethyl adjacent to an activating group) is 1. The molecule has 0 saturated carbocycles. The van der Waals surface area contributed by atoms with Crippen LogP contribution in [-0.4, -0.2) is 60.1 Å². The molecule has 1 aromatic carbocycles. The monoisotopic (exact) mass is 390 g/mol. The molecule has 1 aliphatic heterocycles. The number of carbonyl (C=O) groups excluding carboxylic acids is 1. The highest BCUT2D eigenvalue weighted by atomic mass is 16.5. The SMILES string of the molecule is CCCCC1Nc2cc(/C=C/C(=O)NO)ccc2N1CCN(CC)CCCO. The molecule has 1 aliphatic rings. The number of amides is 1. The maximum atomic E-state index is 11.2. The first-order chi connectivity index (χ1) is 13.6. The summed E-state index contributed by atoms with van der Waals surface area (Å²) >= 11 is 0. The number of benzene rings is 1. The number of aliphatic hydroxyl groups is 1. The fraction of sp³-hybridized carbons (Fsp3) is 0.571. The molecule has 0 saturated heterocycles. The van der Waals surface area contributed by atoms with E-state index >= 15 is 0 Å². The number of nitrogens with one attached hydrogen (secondary N) is 2. The van der Waals surface area contributed by atoms with Crippen LogP contribution in [0.15, 0.2) is 24.3 Å². The van der Waals surface area contributed by atoms with Crippen LogP contribution in [0.3, 0.4) is 0 Å². The molecule has 1 amide bonds. The third-order valence-electron chi connectivity index (χ3n) is 5.13. The van der Waals surface area contributed by atoms with E-state index in [4.69, 9.17) is 10.3 Å². The summed E-state index contributed by atoms with van der Waals surface area (Å²) in [6, 6.07) is 6.12. The smallest absolute Gasteiger partial charge is 0.267 e. The van der Waals surface area contributed by atoms with Crippen LogP contribution in [0.5, 0.6) is 0 Å². The van der Waals surface area contributed by atoms with Gasteiger partial charge in [0.2, 0.25) is 0 Å². The van der Waals surface area contributed by atoms with Gasteiger partial charge < -0.3 is 20.2 Å². The van der Waals surface area contributed by atoms with Gasteiger partial charge in [-0.15, -0.1) is 0 Å². The van der Waals surface area contributed by atoms with Crippen molar-refractivity contribution >= 4 is 23.4 Å². The molecule has 2 rings (SSSR count). The summed E-state index contributed by atoms with van der Waals surface area (Å²) < 4.78 is 0. The molecule has 0 aliphatic carbocycles. The Morgan fingerprint density at radius 1 is 1.32 bits per heavy atom. The second kappa shape index (κ2) is 11.7. The predicted molar refractivity (Wildman–Crippen MR) is 114 cm³/mol. The van der Waals surface area contributed by atoms with E-state index in [9.17, 15) is 4.79 Å². The Labute approximate surface area is 168 Å². The van der Waals surface area contributed by atoms with E-state index in [2.05, 4.69) is 35.0 Å². The number of hydroxylamine groups is 1. The molecule has 0 spiro atoms. The predicted octanol–water partition coefficient (Wildman–Crippen LogP) is 2.66. The zero-order valence-corrected chi connectivity index (χ0v) is 17.0. The van der Waals surface area contributed by atoms with Crippen molar-refractivity contribution in [2.75, 3.05) is 43.0 Å². The minimum Gasteiger partial charge on any atom is -0.396 e. The van der Waals surface area contributed by atoms with Crippen molar-refractivity contribution in [3.05, 3.63) is 29.8 Å². The second-order valence-electron chi connectivity index (χ2n) is 7.09. The molecule has 156 valence electrons. The molecule has 0 bridgehead atoms. The number of fused-ring (bicyclic) bond motifs is 1. The first-order valence-electron chi connectivity index (χ1n) is 10.3. The molecule has 4 N–H and O–H groups in total. The summed E-state index contributed by atoms with van der Waals surface area (Å²) in [4.78, 5) is 16.0. The van der Waals surface area contributed by atoms with Crippen molar-refractivity contribution < 1.29 is 15.1 Å². The highest BCUT2D eigenvalue weighted by Crippen LogP contribution is 2.37. The number of unbranched alkanes of at least 4 members (excludes halogenated alkanes) is 1. The summed E-state index contributed by atoms with van der Waals surface area (Å²) in [5, 5.41) is 21.3. The van der Waals surface area contributed by atoms with Crippen LogP contribution in [-0.2, 0) is 4.79 Å². The highest BCUT2D eigenvalue weighted by Gasteiger charge is 2.28. The summed E-state index contributed by atoms with van der Waals surface area (Å²) in [6.45, 7) is 8.36. The Hall–Kier alpha value is -2.09. The molecule has 28 heavy (non-hydrogen) atoms. The Kier molecular flexibility index (Phi) is 9.27. The van der Waals surface area contributed by atoms with Crippen LogP contribution < -0.4 is 15.7 Å². The summed E-state index contributed by atoms with van der Waals surface area (Å²) in [6.07, 6.45) is 7.46. The van der Waals surface area contributed by atoms with E-state index in [1.165, 1.54) is 11.8 Å². The topological polar surface area (TPSA) is 88.1 Å². The number of hydrogen-bond acceptors (Lipinski definition) is 6. The van der Waals surface area contributed by atoms with Crippen molar-refractivity contribution in [2.45, 2.75) is 45.7 Å². The van der Waals surface area contributed by atoms with E-state index in [1.807, 2.05) is 12.1 Å². The molecule has 1 aromatic rings. The van der Waals surface area contributed by atoms with Crippen LogP contribution in [0, 0.1) is 0 Å². The summed E-state index contributed by atoms with van der Waals surface area (Å²) in [5.74, 6) is -0.543.